The molecule has 10 heteroatoms. The van der Waals surface area contributed by atoms with Crippen molar-refractivity contribution in [1.29, 1.82) is 0 Å². The number of ether oxygens (including phenoxy) is 2. The minimum atomic E-state index is -0.977. The molecule has 0 spiro atoms. The maximum absolute atomic E-state index is 13.7. The van der Waals surface area contributed by atoms with Gasteiger partial charge in [0.2, 0.25) is 11.8 Å². The highest BCUT2D eigenvalue weighted by Gasteiger charge is 2.27. The summed E-state index contributed by atoms with van der Waals surface area (Å²) < 4.78 is 10.9. The van der Waals surface area contributed by atoms with E-state index in [1.807, 2.05) is 30.3 Å². The lowest BCUT2D eigenvalue weighted by molar-refractivity contribution is -0.123. The quantitative estimate of drug-likeness (QED) is 0.233. The molecule has 234 valence electrons. The van der Waals surface area contributed by atoms with Crippen LogP contribution in [0.1, 0.15) is 67.8 Å². The predicted molar refractivity (Wildman–Crippen MR) is 165 cm³/mol. The average Bonchev–Trinajstić information content (AvgIpc) is 3.46. The smallest absolute Gasteiger partial charge is 0.251 e. The number of carbonyl (C=O) groups excluding carboxylic acids is 3. The minimum Gasteiger partial charge on any atom is -0.491 e. The summed E-state index contributed by atoms with van der Waals surface area (Å²) in [4.78, 5) is 40.6. The van der Waals surface area contributed by atoms with Crippen molar-refractivity contribution in [2.45, 2.75) is 82.5 Å². The first-order valence-electron chi connectivity index (χ1n) is 15.5. The molecule has 0 unspecified atom stereocenters. The van der Waals surface area contributed by atoms with Crippen molar-refractivity contribution in [3.63, 3.8) is 0 Å². The number of nitrogens with one attached hydrogen (secondary N) is 3. The van der Waals surface area contributed by atoms with Crippen molar-refractivity contribution in [3.05, 3.63) is 59.7 Å². The van der Waals surface area contributed by atoms with E-state index in [1.54, 1.807) is 37.1 Å². The molecule has 1 aliphatic carbocycles. The molecule has 4 rings (SSSR count). The van der Waals surface area contributed by atoms with E-state index in [4.69, 9.17) is 9.47 Å². The Kier molecular flexibility index (Phi) is 12.4. The Balaban J connectivity index is 1.46. The molecule has 4 N–H and O–H groups in total. The first-order valence-corrected chi connectivity index (χ1v) is 15.5. The molecule has 1 saturated heterocycles. The number of methoxy groups -OCH3 is 1. The number of nitrogens with zero attached hydrogens (tertiary/aromatic N) is 1. The first-order chi connectivity index (χ1) is 20.8. The summed E-state index contributed by atoms with van der Waals surface area (Å²) in [6.07, 6.45) is 6.10. The highest BCUT2D eigenvalue weighted by molar-refractivity contribution is 5.99. The maximum atomic E-state index is 13.7. The summed E-state index contributed by atoms with van der Waals surface area (Å²) >= 11 is 0. The highest BCUT2D eigenvalue weighted by Crippen LogP contribution is 2.28. The second-order valence-corrected chi connectivity index (χ2v) is 11.5. The molecule has 1 saturated carbocycles. The van der Waals surface area contributed by atoms with Crippen LogP contribution in [0.5, 0.6) is 5.75 Å². The van der Waals surface area contributed by atoms with Crippen molar-refractivity contribution in [2.75, 3.05) is 38.3 Å². The van der Waals surface area contributed by atoms with Gasteiger partial charge in [-0.05, 0) is 50.3 Å². The van der Waals surface area contributed by atoms with E-state index < -0.39 is 24.1 Å². The van der Waals surface area contributed by atoms with Gasteiger partial charge in [0.15, 0.2) is 0 Å². The molecule has 0 aromatic heterocycles. The van der Waals surface area contributed by atoms with E-state index in [1.165, 1.54) is 6.42 Å². The molecule has 1 aliphatic heterocycles. The van der Waals surface area contributed by atoms with Crippen molar-refractivity contribution in [3.8, 4) is 5.75 Å². The number of amides is 3. The third-order valence-electron chi connectivity index (χ3n) is 8.15. The summed E-state index contributed by atoms with van der Waals surface area (Å²) in [7, 11) is 1.58. The fourth-order valence-corrected chi connectivity index (χ4v) is 5.63. The predicted octanol–water partition coefficient (Wildman–Crippen LogP) is 2.97. The first kappa shape index (κ1) is 32.4. The second-order valence-electron chi connectivity index (χ2n) is 11.5. The van der Waals surface area contributed by atoms with Gasteiger partial charge in [-0.2, -0.15) is 0 Å². The van der Waals surface area contributed by atoms with E-state index in [0.717, 1.165) is 37.7 Å². The lowest BCUT2D eigenvalue weighted by atomic mass is 9.95. The Morgan fingerprint density at radius 3 is 2.51 bits per heavy atom. The molecule has 3 atom stereocenters. The van der Waals surface area contributed by atoms with Crippen LogP contribution >= 0.6 is 0 Å². The highest BCUT2D eigenvalue weighted by atomic mass is 16.5. The Hall–Kier alpha value is -3.47. The fourth-order valence-electron chi connectivity index (χ4n) is 5.63. The minimum absolute atomic E-state index is 0.00509. The van der Waals surface area contributed by atoms with Crippen molar-refractivity contribution in [2.24, 2.45) is 0 Å². The van der Waals surface area contributed by atoms with Crippen LogP contribution < -0.4 is 25.6 Å². The number of hydrogen-bond donors (Lipinski definition) is 4. The molecule has 3 amide bonds. The van der Waals surface area contributed by atoms with Crippen LogP contribution in [0, 0.1) is 0 Å². The molecular weight excluding hydrogens is 548 g/mol. The van der Waals surface area contributed by atoms with Gasteiger partial charge in [-0.25, -0.2) is 0 Å². The zero-order valence-electron chi connectivity index (χ0n) is 25.3. The monoisotopic (exact) mass is 594 g/mol. The van der Waals surface area contributed by atoms with Gasteiger partial charge in [-0.3, -0.25) is 14.4 Å². The molecule has 1 heterocycles. The van der Waals surface area contributed by atoms with Crippen LogP contribution in [0.15, 0.2) is 48.5 Å². The average molecular weight is 595 g/mol. The Bertz CT molecular complexity index is 1200. The number of rotatable bonds is 15. The molecular formula is C33H46N4O6. The van der Waals surface area contributed by atoms with E-state index in [-0.39, 0.29) is 24.4 Å². The van der Waals surface area contributed by atoms with Gasteiger partial charge in [-0.15, -0.1) is 0 Å². The van der Waals surface area contributed by atoms with Gasteiger partial charge in [-0.1, -0.05) is 49.6 Å². The van der Waals surface area contributed by atoms with Crippen LogP contribution in [0.4, 0.5) is 5.69 Å². The van der Waals surface area contributed by atoms with Crippen molar-refractivity contribution < 1.29 is 29.0 Å². The fraction of sp³-hybridized carbons (Fsp3) is 0.545. The van der Waals surface area contributed by atoms with Gasteiger partial charge in [0.1, 0.15) is 12.4 Å². The third kappa shape index (κ3) is 9.77. The molecule has 0 bridgehead atoms. The van der Waals surface area contributed by atoms with Crippen LogP contribution in [-0.4, -0.2) is 80.5 Å². The van der Waals surface area contributed by atoms with Gasteiger partial charge in [0.25, 0.3) is 5.91 Å². The number of carbonyl (C=O) groups is 3. The van der Waals surface area contributed by atoms with E-state index >= 15 is 0 Å². The van der Waals surface area contributed by atoms with Crippen LogP contribution in [-0.2, 0) is 20.7 Å². The van der Waals surface area contributed by atoms with Gasteiger partial charge < -0.3 is 35.4 Å². The Morgan fingerprint density at radius 2 is 1.81 bits per heavy atom. The second kappa shape index (κ2) is 16.4. The number of aliphatic hydroxyl groups is 1. The summed E-state index contributed by atoms with van der Waals surface area (Å²) in [6.45, 7) is 3.15. The van der Waals surface area contributed by atoms with Crippen LogP contribution in [0.25, 0.3) is 0 Å². The number of aliphatic hydroxyl groups excluding tert-OH is 1. The summed E-state index contributed by atoms with van der Waals surface area (Å²) in [6, 6.07) is 13.8. The van der Waals surface area contributed by atoms with Gasteiger partial charge in [0.05, 0.1) is 24.8 Å². The van der Waals surface area contributed by atoms with Crippen LogP contribution in [0.3, 0.4) is 0 Å². The molecule has 2 aliphatic rings. The molecule has 2 fully saturated rings. The summed E-state index contributed by atoms with van der Waals surface area (Å²) in [5.74, 6) is -0.0188. The molecule has 2 aromatic rings. The maximum Gasteiger partial charge on any atom is 0.251 e. The van der Waals surface area contributed by atoms with Crippen molar-refractivity contribution >= 4 is 23.4 Å². The lowest BCUT2D eigenvalue weighted by Crippen LogP contribution is -2.53. The van der Waals surface area contributed by atoms with E-state index in [9.17, 15) is 19.5 Å². The van der Waals surface area contributed by atoms with Gasteiger partial charge >= 0.3 is 0 Å². The lowest BCUT2D eigenvalue weighted by Gasteiger charge is -2.28. The molecule has 43 heavy (non-hydrogen) atoms. The van der Waals surface area contributed by atoms with E-state index in [2.05, 4.69) is 16.0 Å². The van der Waals surface area contributed by atoms with Crippen LogP contribution in [0.2, 0.25) is 0 Å². The number of hydrogen-bond acceptors (Lipinski definition) is 7. The largest absolute Gasteiger partial charge is 0.491 e. The van der Waals surface area contributed by atoms with Crippen molar-refractivity contribution in [1.82, 2.24) is 16.0 Å². The summed E-state index contributed by atoms with van der Waals surface area (Å²) in [5, 5.41) is 20.6. The molecule has 2 aromatic carbocycles. The molecule has 10 nitrogen and oxygen atoms in total. The number of anilines is 1. The standard InChI is InChI=1S/C33H46N4O6/c1-23(32(40)35-26-12-7-4-8-13-26)34-22-30(38)29(18-24-10-5-3-6-11-24)36-33(41)25-19-27(37-15-9-14-31(37)39)21-28(20-25)43-17-16-42-2/h3,5-6,10-11,19-21,23,26,29-30,34,38H,4,7-9,12-18,22H2,1-2H3,(H,35,40)(H,36,41)/t23-,29-,30-/m0/s1. The topological polar surface area (TPSA) is 129 Å². The number of benzene rings is 2. The Labute approximate surface area is 254 Å². The SMILES string of the molecule is COCCOc1cc(C(=O)N[C@@H](Cc2ccccc2)[C@@H](O)CN[C@@H](C)C(=O)NC2CCCCC2)cc(N2CCCC2=O)c1. The normalized spacial score (nSPS) is 17.7. The van der Waals surface area contributed by atoms with Gasteiger partial charge in [0, 0.05) is 50.0 Å². The zero-order chi connectivity index (χ0) is 30.6. The zero-order valence-corrected chi connectivity index (χ0v) is 25.3. The van der Waals surface area contributed by atoms with E-state index in [0.29, 0.717) is 49.6 Å². The Morgan fingerprint density at radius 1 is 1.05 bits per heavy atom. The third-order valence-corrected chi connectivity index (χ3v) is 8.15. The molecule has 0 radical (unpaired) electrons. The summed E-state index contributed by atoms with van der Waals surface area (Å²) in [5.41, 5.74) is 1.88.